The number of pyridine rings is 1. The maximum Gasteiger partial charge on any atom is 0.249 e. The number of aryl methyl sites for hydroxylation is 2. The molecule has 0 aliphatic carbocycles. The number of anilines is 3. The minimum atomic E-state index is -0.497. The molecule has 3 unspecified atom stereocenters. The number of hydrogen-bond donors (Lipinski definition) is 3. The number of aromatic hydroxyl groups is 1. The van der Waals surface area contributed by atoms with Gasteiger partial charge in [0.15, 0.2) is 5.82 Å². The molecule has 10 rings (SSSR count). The highest BCUT2D eigenvalue weighted by Gasteiger charge is 2.42. The van der Waals surface area contributed by atoms with Gasteiger partial charge in [0.1, 0.15) is 17.4 Å². The minimum absolute atomic E-state index is 0.155. The number of aromatic nitrogens is 9. The van der Waals surface area contributed by atoms with Crippen molar-refractivity contribution in [3.05, 3.63) is 102 Å². The van der Waals surface area contributed by atoms with Crippen LogP contribution in [0.4, 0.5) is 17.5 Å². The number of nitrogens with one attached hydrogen (secondary N) is 1. The molecule has 2 aromatic carbocycles. The molecule has 0 radical (unpaired) electrons. The van der Waals surface area contributed by atoms with E-state index in [-0.39, 0.29) is 29.6 Å². The first-order chi connectivity index (χ1) is 28.4. The molecular formula is C42H41N13O3. The number of nitrogen functional groups attached to an aromatic ring is 1. The highest BCUT2D eigenvalue weighted by molar-refractivity contribution is 6.09. The van der Waals surface area contributed by atoms with E-state index in [9.17, 15) is 14.7 Å². The summed E-state index contributed by atoms with van der Waals surface area (Å²) in [4.78, 5) is 43.6. The van der Waals surface area contributed by atoms with Crippen molar-refractivity contribution < 1.29 is 14.7 Å². The fourth-order valence-corrected chi connectivity index (χ4v) is 8.96. The zero-order chi connectivity index (χ0) is 39.3. The lowest BCUT2D eigenvalue weighted by atomic mass is 10.1. The van der Waals surface area contributed by atoms with Crippen LogP contribution < -0.4 is 20.9 Å². The van der Waals surface area contributed by atoms with Gasteiger partial charge in [0, 0.05) is 72.7 Å². The Morgan fingerprint density at radius 3 is 2.48 bits per heavy atom. The van der Waals surface area contributed by atoms with E-state index in [4.69, 9.17) is 15.7 Å². The van der Waals surface area contributed by atoms with Crippen LogP contribution in [0.1, 0.15) is 55.0 Å². The van der Waals surface area contributed by atoms with Gasteiger partial charge in [-0.3, -0.25) is 14.9 Å². The summed E-state index contributed by atoms with van der Waals surface area (Å²) in [5.74, 6) is 0.749. The molecule has 7 aromatic rings. The average Bonchev–Trinajstić information content (AvgIpc) is 3.89. The van der Waals surface area contributed by atoms with E-state index in [1.54, 1.807) is 18.3 Å². The number of piperazine rings is 1. The summed E-state index contributed by atoms with van der Waals surface area (Å²) in [6.07, 6.45) is 12.9. The maximum atomic E-state index is 12.8. The second-order valence-corrected chi connectivity index (χ2v) is 15.4. The van der Waals surface area contributed by atoms with Crippen molar-refractivity contribution in [2.45, 2.75) is 69.6 Å². The first-order valence-corrected chi connectivity index (χ1v) is 19.7. The molecule has 2 amide bonds. The monoisotopic (exact) mass is 775 g/mol. The number of carbonyl (C=O) groups is 2. The van der Waals surface area contributed by atoms with Crippen molar-refractivity contribution in [2.75, 3.05) is 28.6 Å². The number of nitrogens with zero attached hydrogens (tertiary/aromatic N) is 11. The number of carbonyl (C=O) groups excluding carboxylic acids is 2. The number of rotatable bonds is 10. The van der Waals surface area contributed by atoms with E-state index >= 15 is 0 Å². The van der Waals surface area contributed by atoms with E-state index < -0.39 is 6.04 Å². The summed E-state index contributed by atoms with van der Waals surface area (Å²) < 4.78 is 3.81. The average molecular weight is 776 g/mol. The number of piperidine rings is 1. The van der Waals surface area contributed by atoms with Crippen molar-refractivity contribution in [1.82, 2.24) is 50.0 Å². The number of para-hydroxylation sites is 1. The zero-order valence-corrected chi connectivity index (χ0v) is 31.6. The smallest absolute Gasteiger partial charge is 0.249 e. The molecule has 292 valence electrons. The van der Waals surface area contributed by atoms with Crippen molar-refractivity contribution in [1.29, 1.82) is 0 Å². The predicted molar refractivity (Wildman–Crippen MR) is 217 cm³/mol. The predicted octanol–water partition coefficient (Wildman–Crippen LogP) is 4.37. The number of nitrogens with two attached hydrogens (primary N) is 1. The van der Waals surface area contributed by atoms with Crippen LogP contribution >= 0.6 is 0 Å². The maximum absolute atomic E-state index is 12.8. The van der Waals surface area contributed by atoms with Gasteiger partial charge in [0.25, 0.3) is 0 Å². The number of benzene rings is 2. The van der Waals surface area contributed by atoms with Gasteiger partial charge in [-0.1, -0.05) is 23.4 Å². The lowest BCUT2D eigenvalue weighted by molar-refractivity contribution is -0.135. The molecule has 3 atom stereocenters. The Bertz CT molecular complexity index is 2680. The summed E-state index contributed by atoms with van der Waals surface area (Å²) in [5, 5.41) is 32.2. The summed E-state index contributed by atoms with van der Waals surface area (Å²) in [5.41, 5.74) is 13.1. The first-order valence-electron chi connectivity index (χ1n) is 19.7. The molecular weight excluding hydrogens is 735 g/mol. The lowest BCUT2D eigenvalue weighted by Crippen LogP contribution is -2.54. The van der Waals surface area contributed by atoms with Crippen LogP contribution in [0, 0.1) is 0 Å². The van der Waals surface area contributed by atoms with E-state index in [1.165, 1.54) is 0 Å². The molecule has 2 bridgehead atoms. The highest BCUT2D eigenvalue weighted by Crippen LogP contribution is 2.38. The largest absolute Gasteiger partial charge is 0.507 e. The molecule has 16 nitrogen and oxygen atoms in total. The highest BCUT2D eigenvalue weighted by atomic mass is 16.3. The van der Waals surface area contributed by atoms with E-state index in [1.807, 2.05) is 70.3 Å². The van der Waals surface area contributed by atoms with Gasteiger partial charge in [-0.25, -0.2) is 19.6 Å². The van der Waals surface area contributed by atoms with Crippen molar-refractivity contribution in [3.8, 4) is 17.0 Å². The first kappa shape index (κ1) is 35.4. The molecule has 3 aliphatic rings. The van der Waals surface area contributed by atoms with E-state index in [2.05, 4.69) is 46.7 Å². The molecule has 3 aliphatic heterocycles. The second kappa shape index (κ2) is 14.5. The molecule has 16 heteroatoms. The normalized spacial score (nSPS) is 19.3. The Morgan fingerprint density at radius 2 is 1.67 bits per heavy atom. The molecule has 0 saturated carbocycles. The van der Waals surface area contributed by atoms with Crippen LogP contribution in [0.15, 0.2) is 85.5 Å². The van der Waals surface area contributed by atoms with Gasteiger partial charge < -0.3 is 25.2 Å². The van der Waals surface area contributed by atoms with Crippen LogP contribution in [-0.2, 0) is 29.0 Å². The Kier molecular flexibility index (Phi) is 8.87. The Balaban J connectivity index is 0.760. The molecule has 8 heterocycles. The van der Waals surface area contributed by atoms with E-state index in [0.717, 1.165) is 95.6 Å². The lowest BCUT2D eigenvalue weighted by Gasteiger charge is -2.42. The Labute approximate surface area is 332 Å². The van der Waals surface area contributed by atoms with Crippen LogP contribution in [0.25, 0.3) is 33.2 Å². The van der Waals surface area contributed by atoms with Gasteiger partial charge in [-0.05, 0) is 92.1 Å². The van der Waals surface area contributed by atoms with Gasteiger partial charge >= 0.3 is 0 Å². The van der Waals surface area contributed by atoms with Gasteiger partial charge in [0.2, 0.25) is 17.8 Å². The molecule has 3 fully saturated rings. The summed E-state index contributed by atoms with van der Waals surface area (Å²) in [6.45, 7) is 2.07. The second-order valence-electron chi connectivity index (χ2n) is 15.4. The molecule has 5 aromatic heterocycles. The Morgan fingerprint density at radius 1 is 0.845 bits per heavy atom. The van der Waals surface area contributed by atoms with E-state index in [0.29, 0.717) is 36.5 Å². The van der Waals surface area contributed by atoms with Crippen LogP contribution in [-0.4, -0.2) is 86.8 Å². The summed E-state index contributed by atoms with van der Waals surface area (Å²) >= 11 is 0. The fraction of sp³-hybridized carbons (Fsp3) is 0.310. The molecule has 3 saturated heterocycles. The van der Waals surface area contributed by atoms with Gasteiger partial charge in [-0.15, -0.1) is 15.3 Å². The number of phenols is 1. The third-order valence-corrected chi connectivity index (χ3v) is 11.7. The number of amides is 2. The van der Waals surface area contributed by atoms with Gasteiger partial charge in [0.05, 0.1) is 29.1 Å². The number of phenolic OH excluding ortho intramolecular Hbond substituents is 1. The minimum Gasteiger partial charge on any atom is -0.507 e. The number of fused-ring (bicyclic) bond motifs is 5. The standard InChI is InChI=1S/C42H41N13O3/c43-39-36(18-33(49-50-39)31-7-1-2-9-37(31)56)52-23-28-11-12-29(24-52)54(28)42-45-19-26(20-46-42)5-3-6-27-22-53(51-48-27)21-25-10-13-34-32(17-25)30-8-4-16-44-40(30)55(34)35-14-15-38(57)47-41(35)58/h1-2,4,7-10,13,16-20,22,28-29,35,56H,3,5-6,11-12,14-15,21,23-24H2,(H2,43,50)(H,47,57,58). The van der Waals surface area contributed by atoms with Gasteiger partial charge in [-0.2, -0.15) is 0 Å². The Hall–Kier alpha value is -6.97. The molecule has 4 N–H and O–H groups in total. The number of hydrogen-bond acceptors (Lipinski definition) is 13. The van der Waals surface area contributed by atoms with Crippen molar-refractivity contribution in [2.24, 2.45) is 0 Å². The third kappa shape index (κ3) is 6.49. The fourth-order valence-electron chi connectivity index (χ4n) is 8.96. The number of imide groups is 1. The zero-order valence-electron chi connectivity index (χ0n) is 31.6. The van der Waals surface area contributed by atoms with Crippen molar-refractivity contribution >= 4 is 51.2 Å². The topological polar surface area (TPSA) is 199 Å². The van der Waals surface area contributed by atoms with Crippen LogP contribution in [0.2, 0.25) is 0 Å². The van der Waals surface area contributed by atoms with Crippen LogP contribution in [0.5, 0.6) is 5.75 Å². The van der Waals surface area contributed by atoms with Crippen LogP contribution in [0.3, 0.4) is 0 Å². The summed E-state index contributed by atoms with van der Waals surface area (Å²) in [6, 6.07) is 19.1. The quantitative estimate of drug-likeness (QED) is 0.166. The SMILES string of the molecule is Nc1nnc(-c2ccccc2O)cc1N1CC2CCC(C1)N2c1ncc(CCCc2cn(Cc3ccc4c(c3)c3cccnc3n4C3CCC(=O)NC3=O)nn2)cn1. The van der Waals surface area contributed by atoms with Crippen molar-refractivity contribution in [3.63, 3.8) is 0 Å². The molecule has 58 heavy (non-hydrogen) atoms. The molecule has 0 spiro atoms. The summed E-state index contributed by atoms with van der Waals surface area (Å²) in [7, 11) is 0. The third-order valence-electron chi connectivity index (χ3n) is 11.7.